The fraction of sp³-hybridized carbons (Fsp3) is 0.174. The van der Waals surface area contributed by atoms with E-state index in [0.29, 0.717) is 31.2 Å². The van der Waals surface area contributed by atoms with Gasteiger partial charge in [-0.25, -0.2) is 18.4 Å². The summed E-state index contributed by atoms with van der Waals surface area (Å²) in [6.07, 6.45) is 1.55. The fourth-order valence-corrected chi connectivity index (χ4v) is 6.61. The predicted octanol–water partition coefficient (Wildman–Crippen LogP) is 4.39. The van der Waals surface area contributed by atoms with Gasteiger partial charge in [-0.05, 0) is 29.8 Å². The van der Waals surface area contributed by atoms with Gasteiger partial charge in [0.2, 0.25) is 10.0 Å². The molecular weight excluding hydrogens is 478 g/mol. The molecule has 0 N–H and O–H groups in total. The summed E-state index contributed by atoms with van der Waals surface area (Å²) < 4.78 is 27.8. The summed E-state index contributed by atoms with van der Waals surface area (Å²) in [5.41, 5.74) is 2.21. The molecule has 4 aromatic rings. The van der Waals surface area contributed by atoms with E-state index in [2.05, 4.69) is 20.2 Å². The molecule has 0 aliphatic carbocycles. The number of rotatable bonds is 4. The Morgan fingerprint density at radius 2 is 1.73 bits per heavy atom. The first-order valence-corrected chi connectivity index (χ1v) is 12.9. The Kier molecular flexibility index (Phi) is 5.76. The Balaban J connectivity index is 1.44. The summed E-state index contributed by atoms with van der Waals surface area (Å²) in [4.78, 5) is 12.0. The number of piperazine rings is 1. The van der Waals surface area contributed by atoms with Gasteiger partial charge in [-0.15, -0.1) is 11.3 Å². The summed E-state index contributed by atoms with van der Waals surface area (Å²) in [5, 5.41) is 13.0. The minimum atomic E-state index is -3.76. The molecule has 1 aliphatic heterocycles. The highest BCUT2D eigenvalue weighted by Gasteiger charge is 2.31. The molecule has 1 saturated heterocycles. The molecule has 0 radical (unpaired) electrons. The molecule has 1 aliphatic rings. The lowest BCUT2D eigenvalue weighted by Gasteiger charge is -2.35. The maximum Gasteiger partial charge on any atom is 0.244 e. The molecule has 2 aromatic heterocycles. The zero-order valence-corrected chi connectivity index (χ0v) is 19.7. The van der Waals surface area contributed by atoms with Crippen LogP contribution in [0.25, 0.3) is 21.3 Å². The zero-order chi connectivity index (χ0) is 23.0. The fourth-order valence-electron chi connectivity index (χ4n) is 4.00. The van der Waals surface area contributed by atoms with E-state index in [1.54, 1.807) is 29.8 Å². The summed E-state index contributed by atoms with van der Waals surface area (Å²) in [6.45, 7) is 1.56. The number of nitrogens with zero attached hydrogens (tertiary/aromatic N) is 5. The number of nitriles is 1. The van der Waals surface area contributed by atoms with Crippen molar-refractivity contribution in [1.29, 1.82) is 5.26 Å². The van der Waals surface area contributed by atoms with E-state index in [1.165, 1.54) is 16.4 Å². The van der Waals surface area contributed by atoms with Crippen LogP contribution >= 0.6 is 22.9 Å². The number of halogens is 1. The smallest absolute Gasteiger partial charge is 0.244 e. The standard InChI is InChI=1S/C23H18ClN5O2S2/c24-18-7-5-16(6-8-18)19-14-32-23-21(19)22(26-15-27-23)28-9-11-29(12-10-28)33(30,31)20-4-2-1-3-17(20)13-25/h1-8,14-15H,9-12H2. The third kappa shape index (κ3) is 3.96. The largest absolute Gasteiger partial charge is 0.353 e. The normalized spacial score (nSPS) is 15.0. The Morgan fingerprint density at radius 1 is 1.00 bits per heavy atom. The third-order valence-electron chi connectivity index (χ3n) is 5.67. The zero-order valence-electron chi connectivity index (χ0n) is 17.3. The van der Waals surface area contributed by atoms with Gasteiger partial charge >= 0.3 is 0 Å². The Labute approximate surface area is 200 Å². The molecule has 166 valence electrons. The molecule has 0 unspecified atom stereocenters. The average molecular weight is 496 g/mol. The van der Waals surface area contributed by atoms with Crippen LogP contribution in [0.3, 0.4) is 0 Å². The van der Waals surface area contributed by atoms with Crippen LogP contribution < -0.4 is 4.90 Å². The Bertz CT molecular complexity index is 1470. The monoisotopic (exact) mass is 495 g/mol. The van der Waals surface area contributed by atoms with E-state index in [0.717, 1.165) is 27.2 Å². The number of benzene rings is 2. The molecular formula is C23H18ClN5O2S2. The minimum absolute atomic E-state index is 0.0493. The van der Waals surface area contributed by atoms with Crippen LogP contribution in [0, 0.1) is 11.3 Å². The van der Waals surface area contributed by atoms with Gasteiger partial charge in [0.25, 0.3) is 0 Å². The predicted molar refractivity (Wildman–Crippen MR) is 130 cm³/mol. The quantitative estimate of drug-likeness (QED) is 0.417. The van der Waals surface area contributed by atoms with E-state index in [-0.39, 0.29) is 10.5 Å². The summed E-state index contributed by atoms with van der Waals surface area (Å²) in [6, 6.07) is 15.9. The van der Waals surface area contributed by atoms with Crippen LogP contribution in [0.5, 0.6) is 0 Å². The molecule has 33 heavy (non-hydrogen) atoms. The van der Waals surface area contributed by atoms with Crippen molar-refractivity contribution in [2.75, 3.05) is 31.1 Å². The second-order valence-electron chi connectivity index (χ2n) is 7.53. The molecule has 5 rings (SSSR count). The van der Waals surface area contributed by atoms with Crippen molar-refractivity contribution >= 4 is 49.0 Å². The summed E-state index contributed by atoms with van der Waals surface area (Å²) in [7, 11) is -3.76. The molecule has 0 amide bonds. The first kappa shape index (κ1) is 21.8. The maximum atomic E-state index is 13.2. The van der Waals surface area contributed by atoms with Crippen molar-refractivity contribution < 1.29 is 8.42 Å². The number of thiophene rings is 1. The number of hydrogen-bond donors (Lipinski definition) is 0. The van der Waals surface area contributed by atoms with Gasteiger partial charge in [0.1, 0.15) is 23.0 Å². The van der Waals surface area contributed by atoms with E-state index in [4.69, 9.17) is 11.6 Å². The van der Waals surface area contributed by atoms with E-state index in [9.17, 15) is 13.7 Å². The van der Waals surface area contributed by atoms with Gasteiger partial charge in [0, 0.05) is 42.1 Å². The minimum Gasteiger partial charge on any atom is -0.353 e. The molecule has 0 atom stereocenters. The number of hydrogen-bond acceptors (Lipinski definition) is 7. The van der Waals surface area contributed by atoms with Gasteiger partial charge in [0.15, 0.2) is 0 Å². The molecule has 0 spiro atoms. The first-order valence-electron chi connectivity index (χ1n) is 10.2. The Morgan fingerprint density at radius 3 is 2.45 bits per heavy atom. The van der Waals surface area contributed by atoms with Crippen molar-refractivity contribution in [2.45, 2.75) is 4.90 Å². The van der Waals surface area contributed by atoms with Crippen molar-refractivity contribution in [3.05, 3.63) is 70.8 Å². The van der Waals surface area contributed by atoms with Crippen LogP contribution in [-0.4, -0.2) is 48.9 Å². The lowest BCUT2D eigenvalue weighted by molar-refractivity contribution is 0.384. The van der Waals surface area contributed by atoms with E-state index >= 15 is 0 Å². The highest BCUT2D eigenvalue weighted by Crippen LogP contribution is 2.38. The highest BCUT2D eigenvalue weighted by atomic mass is 35.5. The van der Waals surface area contributed by atoms with Gasteiger partial charge < -0.3 is 4.90 Å². The lowest BCUT2D eigenvalue weighted by atomic mass is 10.1. The van der Waals surface area contributed by atoms with Gasteiger partial charge in [-0.3, -0.25) is 0 Å². The van der Waals surface area contributed by atoms with Gasteiger partial charge in [-0.2, -0.15) is 9.57 Å². The van der Waals surface area contributed by atoms with Gasteiger partial charge in [-0.1, -0.05) is 35.9 Å². The lowest BCUT2D eigenvalue weighted by Crippen LogP contribution is -2.49. The number of sulfonamides is 1. The highest BCUT2D eigenvalue weighted by molar-refractivity contribution is 7.89. The molecule has 0 saturated carbocycles. The van der Waals surface area contributed by atoms with E-state index < -0.39 is 10.0 Å². The molecule has 3 heterocycles. The second kappa shape index (κ2) is 8.72. The van der Waals surface area contributed by atoms with Crippen LogP contribution in [0.2, 0.25) is 5.02 Å². The summed E-state index contributed by atoms with van der Waals surface area (Å²) in [5.74, 6) is 0.792. The van der Waals surface area contributed by atoms with Gasteiger partial charge in [0.05, 0.1) is 15.8 Å². The van der Waals surface area contributed by atoms with E-state index in [1.807, 2.05) is 30.3 Å². The Hall–Kier alpha value is -3.03. The van der Waals surface area contributed by atoms with Crippen LogP contribution in [0.1, 0.15) is 5.56 Å². The van der Waals surface area contributed by atoms with Crippen LogP contribution in [-0.2, 0) is 10.0 Å². The maximum absolute atomic E-state index is 13.2. The van der Waals surface area contributed by atoms with Crippen LogP contribution in [0.4, 0.5) is 5.82 Å². The van der Waals surface area contributed by atoms with Crippen molar-refractivity contribution in [2.24, 2.45) is 0 Å². The summed E-state index contributed by atoms with van der Waals surface area (Å²) >= 11 is 7.61. The number of fused-ring (bicyclic) bond motifs is 1. The molecule has 10 heteroatoms. The number of aromatic nitrogens is 2. The van der Waals surface area contributed by atoms with Crippen molar-refractivity contribution in [1.82, 2.24) is 14.3 Å². The molecule has 7 nitrogen and oxygen atoms in total. The third-order valence-corrected chi connectivity index (χ3v) is 8.76. The van der Waals surface area contributed by atoms with Crippen molar-refractivity contribution in [3.8, 4) is 17.2 Å². The average Bonchev–Trinajstić information content (AvgIpc) is 3.29. The van der Waals surface area contributed by atoms with Crippen molar-refractivity contribution in [3.63, 3.8) is 0 Å². The molecule has 0 bridgehead atoms. The number of anilines is 1. The second-order valence-corrected chi connectivity index (χ2v) is 10.7. The first-order chi connectivity index (χ1) is 16.0. The molecule has 1 fully saturated rings. The molecule has 2 aromatic carbocycles. The topological polar surface area (TPSA) is 90.2 Å². The van der Waals surface area contributed by atoms with Crippen LogP contribution in [0.15, 0.2) is 65.1 Å². The SMILES string of the molecule is N#Cc1ccccc1S(=O)(=O)N1CCN(c2ncnc3scc(-c4ccc(Cl)cc4)c23)CC1.